The van der Waals surface area contributed by atoms with Crippen LogP contribution in [0.5, 0.6) is 5.75 Å². The number of hydrogen-bond donors (Lipinski definition) is 0. The van der Waals surface area contributed by atoms with Gasteiger partial charge in [-0.3, -0.25) is 4.79 Å². The number of hydrogen-bond acceptors (Lipinski definition) is 4. The quantitative estimate of drug-likeness (QED) is 0.597. The summed E-state index contributed by atoms with van der Waals surface area (Å²) < 4.78 is 5.76. The first kappa shape index (κ1) is 12.2. The molecule has 0 saturated carbocycles. The zero-order valence-electron chi connectivity index (χ0n) is 8.65. The molecule has 0 spiro atoms. The van der Waals surface area contributed by atoms with Crippen molar-refractivity contribution < 1.29 is 9.53 Å². The van der Waals surface area contributed by atoms with Crippen LogP contribution in [0.25, 0.3) is 0 Å². The van der Waals surface area contributed by atoms with Gasteiger partial charge in [-0.25, -0.2) is 0 Å². The third-order valence-electron chi connectivity index (χ3n) is 1.92. The van der Waals surface area contributed by atoms with Crippen LogP contribution in [0.1, 0.15) is 16.8 Å². The van der Waals surface area contributed by atoms with Crippen LogP contribution in [0.3, 0.4) is 0 Å². The van der Waals surface area contributed by atoms with Gasteiger partial charge in [0.25, 0.3) is 0 Å². The number of thioether (sulfide) groups is 1. The molecule has 0 radical (unpaired) electrons. The Morgan fingerprint density at radius 3 is 2.87 bits per heavy atom. The van der Waals surface area contributed by atoms with Gasteiger partial charge in [0.2, 0.25) is 0 Å². The molecule has 80 valence electrons. The summed E-state index contributed by atoms with van der Waals surface area (Å²) in [6.07, 6.45) is 2.19. The van der Waals surface area contributed by atoms with Gasteiger partial charge in [0.05, 0.1) is 17.7 Å². The monoisotopic (exact) mass is 240 g/mol. The highest BCUT2D eigenvalue weighted by Gasteiger charge is 2.08. The fraction of sp³-hybridized carbons (Fsp3) is 0.273. The number of rotatable bonds is 4. The molecule has 2 nitrogen and oxygen atoms in total. The molecule has 0 unspecified atom stereocenters. The van der Waals surface area contributed by atoms with E-state index in [1.165, 1.54) is 11.8 Å². The van der Waals surface area contributed by atoms with E-state index in [4.69, 9.17) is 17.0 Å². The van der Waals surface area contributed by atoms with Gasteiger partial charge in [-0.2, -0.15) is 0 Å². The van der Waals surface area contributed by atoms with Crippen molar-refractivity contribution in [2.24, 2.45) is 0 Å². The smallest absolute Gasteiger partial charge is 0.168 e. The molecular weight excluding hydrogens is 228 g/mol. The maximum atomic E-state index is 11.7. The Kier molecular flexibility index (Phi) is 4.78. The first-order valence-corrected chi connectivity index (χ1v) is 6.04. The minimum Gasteiger partial charge on any atom is -0.497 e. The molecule has 0 fully saturated rings. The van der Waals surface area contributed by atoms with Crippen molar-refractivity contribution in [3.05, 3.63) is 29.8 Å². The van der Waals surface area contributed by atoms with E-state index in [0.29, 0.717) is 21.9 Å². The van der Waals surface area contributed by atoms with E-state index in [2.05, 4.69) is 0 Å². The highest BCUT2D eigenvalue weighted by Crippen LogP contribution is 2.15. The van der Waals surface area contributed by atoms with E-state index < -0.39 is 0 Å². The largest absolute Gasteiger partial charge is 0.497 e. The second-order valence-corrected chi connectivity index (χ2v) is 4.56. The maximum Gasteiger partial charge on any atom is 0.168 e. The highest BCUT2D eigenvalue weighted by atomic mass is 32.2. The molecule has 0 aliphatic heterocycles. The van der Waals surface area contributed by atoms with Gasteiger partial charge in [-0.15, -0.1) is 11.8 Å². The summed E-state index contributed by atoms with van der Waals surface area (Å²) in [6.45, 7) is 0. The minimum atomic E-state index is 0.0354. The number of carbonyl (C=O) groups excluding carboxylic acids is 1. The molecule has 1 rings (SSSR count). The van der Waals surface area contributed by atoms with Crippen molar-refractivity contribution in [3.8, 4) is 5.75 Å². The summed E-state index contributed by atoms with van der Waals surface area (Å²) in [5, 5.41) is 0. The summed E-state index contributed by atoms with van der Waals surface area (Å²) in [5.74, 6) is 0.726. The molecule has 0 aromatic heterocycles. The number of ketones is 1. The van der Waals surface area contributed by atoms with E-state index in [1.54, 1.807) is 25.3 Å². The standard InChI is InChI=1S/C11H12O2S2/c1-13-9-5-3-4-8(6-9)10(12)7-11(14)15-2/h3-6H,7H2,1-2H3. The third kappa shape index (κ3) is 3.64. The molecule has 0 amide bonds. The van der Waals surface area contributed by atoms with Crippen molar-refractivity contribution in [3.63, 3.8) is 0 Å². The van der Waals surface area contributed by atoms with Gasteiger partial charge in [-0.05, 0) is 18.4 Å². The minimum absolute atomic E-state index is 0.0354. The molecule has 0 aliphatic carbocycles. The predicted molar refractivity (Wildman–Crippen MR) is 68.1 cm³/mol. The molecule has 0 heterocycles. The second-order valence-electron chi connectivity index (χ2n) is 2.91. The van der Waals surface area contributed by atoms with E-state index in [9.17, 15) is 4.79 Å². The van der Waals surface area contributed by atoms with Crippen molar-refractivity contribution in [1.82, 2.24) is 0 Å². The molecule has 4 heteroatoms. The van der Waals surface area contributed by atoms with E-state index in [0.717, 1.165) is 0 Å². The van der Waals surface area contributed by atoms with Crippen LogP contribution in [0.15, 0.2) is 24.3 Å². The lowest BCUT2D eigenvalue weighted by atomic mass is 10.1. The average molecular weight is 240 g/mol. The van der Waals surface area contributed by atoms with Gasteiger partial charge in [-0.1, -0.05) is 24.4 Å². The normalized spacial score (nSPS) is 9.73. The summed E-state index contributed by atoms with van der Waals surface area (Å²) in [6, 6.07) is 7.11. The van der Waals surface area contributed by atoms with E-state index in [1.807, 2.05) is 12.3 Å². The number of benzene rings is 1. The molecule has 0 N–H and O–H groups in total. The number of carbonyl (C=O) groups is 1. The number of ether oxygens (including phenoxy) is 1. The van der Waals surface area contributed by atoms with Crippen LogP contribution in [0, 0.1) is 0 Å². The molecular formula is C11H12O2S2. The Labute approximate surface area is 99.0 Å². The molecule has 0 saturated heterocycles. The lowest BCUT2D eigenvalue weighted by Gasteiger charge is -2.03. The number of thiocarbonyl (C=S) groups is 1. The second kappa shape index (κ2) is 5.88. The molecule has 15 heavy (non-hydrogen) atoms. The van der Waals surface area contributed by atoms with Crippen LogP contribution < -0.4 is 4.74 Å². The van der Waals surface area contributed by atoms with Crippen molar-refractivity contribution >= 4 is 34.0 Å². The van der Waals surface area contributed by atoms with E-state index in [-0.39, 0.29) is 5.78 Å². The Bertz CT molecular complexity index is 375. The van der Waals surface area contributed by atoms with E-state index >= 15 is 0 Å². The predicted octanol–water partition coefficient (Wildman–Crippen LogP) is 2.96. The van der Waals surface area contributed by atoms with Gasteiger partial charge < -0.3 is 4.74 Å². The number of Topliss-reactive ketones (excluding diaryl/α,β-unsaturated/α-hetero) is 1. The van der Waals surface area contributed by atoms with Crippen LogP contribution >= 0.6 is 24.0 Å². The lowest BCUT2D eigenvalue weighted by Crippen LogP contribution is -2.03. The van der Waals surface area contributed by atoms with Crippen LogP contribution in [-0.4, -0.2) is 23.3 Å². The van der Waals surface area contributed by atoms with Crippen molar-refractivity contribution in [2.45, 2.75) is 6.42 Å². The average Bonchev–Trinajstić information content (AvgIpc) is 2.28. The summed E-state index contributed by atoms with van der Waals surface area (Å²) in [5.41, 5.74) is 0.644. The Balaban J connectivity index is 2.77. The topological polar surface area (TPSA) is 26.3 Å². The van der Waals surface area contributed by atoms with Crippen molar-refractivity contribution in [1.29, 1.82) is 0 Å². The Hall–Kier alpha value is -0.870. The van der Waals surface area contributed by atoms with Gasteiger partial charge in [0.15, 0.2) is 5.78 Å². The summed E-state index contributed by atoms with van der Waals surface area (Å²) >= 11 is 6.44. The fourth-order valence-corrected chi connectivity index (χ4v) is 1.51. The van der Waals surface area contributed by atoms with Crippen LogP contribution in [0.2, 0.25) is 0 Å². The SMILES string of the molecule is COc1cccc(C(=O)CC(=S)SC)c1. The zero-order chi connectivity index (χ0) is 11.3. The highest BCUT2D eigenvalue weighted by molar-refractivity contribution is 8.22. The molecule has 1 aromatic rings. The lowest BCUT2D eigenvalue weighted by molar-refractivity contribution is 0.100. The van der Waals surface area contributed by atoms with Crippen LogP contribution in [0.4, 0.5) is 0 Å². The summed E-state index contributed by atoms with van der Waals surface area (Å²) in [7, 11) is 1.58. The molecule has 0 bridgehead atoms. The first-order valence-electron chi connectivity index (χ1n) is 4.41. The number of methoxy groups -OCH3 is 1. The summed E-state index contributed by atoms with van der Waals surface area (Å²) in [4.78, 5) is 11.7. The third-order valence-corrected chi connectivity index (χ3v) is 3.17. The maximum absolute atomic E-state index is 11.7. The van der Waals surface area contributed by atoms with Crippen LogP contribution in [-0.2, 0) is 0 Å². The Morgan fingerprint density at radius 1 is 1.53 bits per heavy atom. The zero-order valence-corrected chi connectivity index (χ0v) is 10.3. The van der Waals surface area contributed by atoms with Gasteiger partial charge >= 0.3 is 0 Å². The van der Waals surface area contributed by atoms with Gasteiger partial charge in [0, 0.05) is 5.56 Å². The first-order chi connectivity index (χ1) is 7.17. The molecule has 0 atom stereocenters. The molecule has 0 aliphatic rings. The fourth-order valence-electron chi connectivity index (χ4n) is 1.10. The van der Waals surface area contributed by atoms with Crippen molar-refractivity contribution in [2.75, 3.05) is 13.4 Å². The Morgan fingerprint density at radius 2 is 2.27 bits per heavy atom. The van der Waals surface area contributed by atoms with Gasteiger partial charge in [0.1, 0.15) is 5.75 Å². The molecule has 1 aromatic carbocycles.